The molecule has 0 bridgehead atoms. The molecule has 4 aromatic rings. The maximum absolute atomic E-state index is 13.1. The highest BCUT2D eigenvalue weighted by molar-refractivity contribution is 7.23. The monoisotopic (exact) mass is 475 g/mol. The number of thiazole rings is 1. The number of hydrogen-bond donors (Lipinski definition) is 1. The van der Waals surface area contributed by atoms with Gasteiger partial charge in [0.25, 0.3) is 0 Å². The summed E-state index contributed by atoms with van der Waals surface area (Å²) >= 11 is 1.49. The Hall–Kier alpha value is -3.47. The fourth-order valence-corrected chi connectivity index (χ4v) is 5.02. The lowest BCUT2D eigenvalue weighted by atomic mass is 10.0. The zero-order valence-electron chi connectivity index (χ0n) is 19.2. The van der Waals surface area contributed by atoms with Crippen LogP contribution in [-0.2, 0) is 0 Å². The highest BCUT2D eigenvalue weighted by Crippen LogP contribution is 2.39. The van der Waals surface area contributed by atoms with Gasteiger partial charge in [-0.3, -0.25) is 14.8 Å². The molecule has 0 aliphatic carbocycles. The molecule has 1 fully saturated rings. The van der Waals surface area contributed by atoms with Crippen molar-refractivity contribution in [2.75, 3.05) is 31.8 Å². The molecule has 1 aromatic carbocycles. The molecule has 3 aromatic heterocycles. The summed E-state index contributed by atoms with van der Waals surface area (Å²) in [6, 6.07) is 9.79. The number of fused-ring (bicyclic) bond motifs is 1. The number of pyridine rings is 1. The van der Waals surface area contributed by atoms with Gasteiger partial charge in [0.1, 0.15) is 6.10 Å². The van der Waals surface area contributed by atoms with Gasteiger partial charge in [-0.05, 0) is 50.7 Å². The van der Waals surface area contributed by atoms with E-state index >= 15 is 0 Å². The Morgan fingerprint density at radius 3 is 2.59 bits per heavy atom. The van der Waals surface area contributed by atoms with Gasteiger partial charge in [0.15, 0.2) is 11.0 Å². The van der Waals surface area contributed by atoms with E-state index in [0.29, 0.717) is 30.8 Å². The van der Waals surface area contributed by atoms with Crippen LogP contribution in [-0.4, -0.2) is 67.8 Å². The van der Waals surface area contributed by atoms with Crippen molar-refractivity contribution in [3.8, 4) is 22.4 Å². The first-order valence-corrected chi connectivity index (χ1v) is 11.9. The number of nitrogens with zero attached hydrogens (tertiary/aromatic N) is 7. The Kier molecular flexibility index (Phi) is 5.94. The van der Waals surface area contributed by atoms with E-state index in [1.165, 1.54) is 11.3 Å². The lowest BCUT2D eigenvalue weighted by Gasteiger charge is -2.38. The van der Waals surface area contributed by atoms with Crippen LogP contribution in [0.5, 0.6) is 0 Å². The van der Waals surface area contributed by atoms with Gasteiger partial charge in [0, 0.05) is 36.3 Å². The van der Waals surface area contributed by atoms with Gasteiger partial charge in [-0.15, -0.1) is 0 Å². The molecule has 10 heteroatoms. The van der Waals surface area contributed by atoms with E-state index in [1.807, 2.05) is 38.2 Å². The molecular formula is C24H25N7O2S. The van der Waals surface area contributed by atoms with Crippen molar-refractivity contribution in [1.82, 2.24) is 29.7 Å². The maximum atomic E-state index is 13.1. The predicted molar refractivity (Wildman–Crippen MR) is 132 cm³/mol. The molecule has 9 nitrogen and oxygen atoms in total. The summed E-state index contributed by atoms with van der Waals surface area (Å²) < 4.78 is 0.961. The van der Waals surface area contributed by atoms with Crippen molar-refractivity contribution in [2.24, 2.45) is 0 Å². The van der Waals surface area contributed by atoms with Crippen LogP contribution in [0.15, 0.2) is 48.9 Å². The largest absolute Gasteiger partial charge is 0.385 e. The predicted octanol–water partition coefficient (Wildman–Crippen LogP) is 3.98. The minimum Gasteiger partial charge on any atom is -0.385 e. The van der Waals surface area contributed by atoms with Crippen LogP contribution >= 0.6 is 11.3 Å². The van der Waals surface area contributed by atoms with E-state index in [1.54, 1.807) is 35.3 Å². The molecule has 34 heavy (non-hydrogen) atoms. The zero-order chi connectivity index (χ0) is 23.8. The molecule has 0 radical (unpaired) electrons. The molecular weight excluding hydrogens is 450 g/mol. The van der Waals surface area contributed by atoms with Gasteiger partial charge in [-0.1, -0.05) is 17.4 Å². The molecule has 1 aliphatic heterocycles. The molecule has 2 amide bonds. The van der Waals surface area contributed by atoms with Crippen molar-refractivity contribution in [3.05, 3.63) is 54.7 Å². The van der Waals surface area contributed by atoms with Gasteiger partial charge in [0.2, 0.25) is 0 Å². The first kappa shape index (κ1) is 22.3. The molecule has 0 unspecified atom stereocenters. The van der Waals surface area contributed by atoms with E-state index in [4.69, 9.17) is 4.98 Å². The Labute approximate surface area is 201 Å². The van der Waals surface area contributed by atoms with E-state index in [9.17, 15) is 9.90 Å². The van der Waals surface area contributed by atoms with Crippen LogP contribution in [0.4, 0.5) is 9.93 Å². The maximum Gasteiger partial charge on any atom is 0.328 e. The van der Waals surface area contributed by atoms with Crippen LogP contribution in [0, 0.1) is 0 Å². The lowest BCUT2D eigenvalue weighted by molar-refractivity contribution is 0.136. The summed E-state index contributed by atoms with van der Waals surface area (Å²) in [5.41, 5.74) is 4.23. The Balaban J connectivity index is 1.64. The van der Waals surface area contributed by atoms with Crippen LogP contribution in [0.25, 0.3) is 32.6 Å². The molecule has 1 saturated heterocycles. The summed E-state index contributed by atoms with van der Waals surface area (Å²) in [5, 5.41) is 10.4. The van der Waals surface area contributed by atoms with Crippen molar-refractivity contribution in [1.29, 1.82) is 0 Å². The second-order valence-corrected chi connectivity index (χ2v) is 9.27. The molecule has 4 heterocycles. The molecule has 174 valence electrons. The van der Waals surface area contributed by atoms with E-state index < -0.39 is 6.10 Å². The first-order valence-electron chi connectivity index (χ1n) is 11.1. The van der Waals surface area contributed by atoms with Crippen LogP contribution in [0.3, 0.4) is 0 Å². The number of aromatic nitrogens is 4. The second-order valence-electron chi connectivity index (χ2n) is 8.29. The number of anilines is 1. The van der Waals surface area contributed by atoms with Gasteiger partial charge in [0.05, 0.1) is 29.2 Å². The van der Waals surface area contributed by atoms with Crippen molar-refractivity contribution >= 4 is 32.7 Å². The SMILES string of the molecule is CCN1CN(C)CN(c2nc3cc(-c4cnc([C@H](C)O)nc4)cc(-c4ccccn4)c3s2)C1=O. The van der Waals surface area contributed by atoms with Crippen molar-refractivity contribution < 1.29 is 9.90 Å². The number of hydrogen-bond acceptors (Lipinski definition) is 8. The summed E-state index contributed by atoms with van der Waals surface area (Å²) in [4.78, 5) is 36.7. The average Bonchev–Trinajstić information content (AvgIpc) is 3.29. The summed E-state index contributed by atoms with van der Waals surface area (Å²) in [7, 11) is 1.99. The van der Waals surface area contributed by atoms with Crippen LogP contribution in [0.2, 0.25) is 0 Å². The smallest absolute Gasteiger partial charge is 0.328 e. The summed E-state index contributed by atoms with van der Waals surface area (Å²) in [6.45, 7) is 5.33. The third-order valence-electron chi connectivity index (χ3n) is 5.71. The van der Waals surface area contributed by atoms with Gasteiger partial charge < -0.3 is 10.0 Å². The Bertz CT molecular complexity index is 1320. The van der Waals surface area contributed by atoms with Gasteiger partial charge in [-0.25, -0.2) is 19.7 Å². The topological polar surface area (TPSA) is 98.6 Å². The zero-order valence-corrected chi connectivity index (χ0v) is 20.0. The molecule has 0 spiro atoms. The van der Waals surface area contributed by atoms with Crippen molar-refractivity contribution in [3.63, 3.8) is 0 Å². The Morgan fingerprint density at radius 1 is 1.12 bits per heavy atom. The molecule has 1 atom stereocenters. The van der Waals surface area contributed by atoms with Gasteiger partial charge in [-0.2, -0.15) is 0 Å². The first-order chi connectivity index (χ1) is 16.4. The summed E-state index contributed by atoms with van der Waals surface area (Å²) in [6.07, 6.45) is 4.44. The number of aliphatic hydroxyl groups excluding tert-OH is 1. The third-order valence-corrected chi connectivity index (χ3v) is 6.83. The van der Waals surface area contributed by atoms with E-state index in [0.717, 1.165) is 32.6 Å². The molecule has 1 N–H and O–H groups in total. The second kappa shape index (κ2) is 9.05. The highest BCUT2D eigenvalue weighted by Gasteiger charge is 2.31. The number of carbonyl (C=O) groups excluding carboxylic acids is 1. The number of rotatable bonds is 5. The fourth-order valence-electron chi connectivity index (χ4n) is 3.97. The number of aliphatic hydroxyl groups is 1. The van der Waals surface area contributed by atoms with E-state index in [-0.39, 0.29) is 6.03 Å². The van der Waals surface area contributed by atoms with Crippen molar-refractivity contribution in [2.45, 2.75) is 20.0 Å². The fraction of sp³-hybridized carbons (Fsp3) is 0.292. The summed E-state index contributed by atoms with van der Waals surface area (Å²) in [5.74, 6) is 0.374. The molecule has 0 saturated carbocycles. The quantitative estimate of drug-likeness (QED) is 0.466. The Morgan fingerprint density at radius 2 is 1.91 bits per heavy atom. The van der Waals surface area contributed by atoms with Crippen LogP contribution < -0.4 is 4.90 Å². The third kappa shape index (κ3) is 4.11. The molecule has 1 aliphatic rings. The number of urea groups is 1. The minimum absolute atomic E-state index is 0.0404. The highest BCUT2D eigenvalue weighted by atomic mass is 32.1. The number of benzene rings is 1. The normalized spacial score (nSPS) is 15.8. The van der Waals surface area contributed by atoms with Crippen LogP contribution in [0.1, 0.15) is 25.8 Å². The molecule has 5 rings (SSSR count). The number of carbonyl (C=O) groups is 1. The average molecular weight is 476 g/mol. The van der Waals surface area contributed by atoms with Gasteiger partial charge >= 0.3 is 6.03 Å². The minimum atomic E-state index is -0.732. The number of amides is 2. The standard InChI is InChI=1S/C24H25N7O2S/c1-4-30-13-29(3)14-31(24(30)33)23-28-20-10-16(17-11-26-22(15(2)32)27-12-17)9-18(21(20)34-23)19-7-5-6-8-25-19/h5-12,15,32H,4,13-14H2,1-3H3/t15-/m0/s1. The van der Waals surface area contributed by atoms with E-state index in [2.05, 4.69) is 25.9 Å². The lowest BCUT2D eigenvalue weighted by Crippen LogP contribution is -2.56.